The van der Waals surface area contributed by atoms with E-state index in [0.29, 0.717) is 18.8 Å². The van der Waals surface area contributed by atoms with Gasteiger partial charge >= 0.3 is 5.97 Å². The van der Waals surface area contributed by atoms with Crippen LogP contribution in [0.4, 0.5) is 0 Å². The topological polar surface area (TPSA) is 90.0 Å². The summed E-state index contributed by atoms with van der Waals surface area (Å²) in [5.74, 6) is -1.07. The van der Waals surface area contributed by atoms with Crippen molar-refractivity contribution < 1.29 is 27.5 Å². The van der Waals surface area contributed by atoms with Gasteiger partial charge in [-0.25, -0.2) is 13.2 Å². The van der Waals surface area contributed by atoms with E-state index in [1.165, 1.54) is 28.6 Å². The molecular weight excluding hydrogens is 394 g/mol. The molecule has 0 spiro atoms. The number of ketones is 1. The Bertz CT molecular complexity index is 978. The van der Waals surface area contributed by atoms with Crippen LogP contribution in [0.15, 0.2) is 53.4 Å². The van der Waals surface area contributed by atoms with E-state index in [9.17, 15) is 18.0 Å². The van der Waals surface area contributed by atoms with Crippen molar-refractivity contribution in [2.45, 2.75) is 18.2 Å². The summed E-state index contributed by atoms with van der Waals surface area (Å²) >= 11 is 0. The first-order valence-corrected chi connectivity index (χ1v) is 10.8. The standard InChI is InChI=1S/C21H23NO6S/c1-2-16-6-8-17(9-7-16)20(23)15-28-21(24)18-4-3-5-19(14-18)29(25,26)22-10-12-27-13-11-22/h3-9,14H,2,10-13,15H2,1H3. The minimum Gasteiger partial charge on any atom is -0.454 e. The molecule has 1 aliphatic rings. The van der Waals surface area contributed by atoms with Gasteiger partial charge in [0.25, 0.3) is 0 Å². The molecule has 2 aromatic carbocycles. The van der Waals surface area contributed by atoms with Crippen LogP contribution in [-0.2, 0) is 25.9 Å². The summed E-state index contributed by atoms with van der Waals surface area (Å²) in [7, 11) is -3.72. The van der Waals surface area contributed by atoms with Crippen LogP contribution in [0.5, 0.6) is 0 Å². The van der Waals surface area contributed by atoms with Crippen LogP contribution in [0.1, 0.15) is 33.2 Å². The fraction of sp³-hybridized carbons (Fsp3) is 0.333. The highest BCUT2D eigenvalue weighted by Gasteiger charge is 2.27. The average molecular weight is 417 g/mol. The summed E-state index contributed by atoms with van der Waals surface area (Å²) in [6, 6.07) is 12.8. The van der Waals surface area contributed by atoms with Crippen molar-refractivity contribution in [1.29, 1.82) is 0 Å². The van der Waals surface area contributed by atoms with Crippen molar-refractivity contribution in [1.82, 2.24) is 4.31 Å². The normalized spacial score (nSPS) is 15.1. The fourth-order valence-electron chi connectivity index (χ4n) is 2.94. The molecule has 154 valence electrons. The largest absolute Gasteiger partial charge is 0.454 e. The quantitative estimate of drug-likeness (QED) is 0.507. The maximum absolute atomic E-state index is 12.7. The number of nitrogens with zero attached hydrogens (tertiary/aromatic N) is 1. The summed E-state index contributed by atoms with van der Waals surface area (Å²) in [6.45, 7) is 2.81. The highest BCUT2D eigenvalue weighted by molar-refractivity contribution is 7.89. The van der Waals surface area contributed by atoms with E-state index in [4.69, 9.17) is 9.47 Å². The molecule has 0 radical (unpaired) electrons. The van der Waals surface area contributed by atoms with E-state index in [1.807, 2.05) is 19.1 Å². The van der Waals surface area contributed by atoms with Crippen molar-refractivity contribution in [3.8, 4) is 0 Å². The molecule has 3 rings (SSSR count). The van der Waals surface area contributed by atoms with E-state index in [1.54, 1.807) is 12.1 Å². The van der Waals surface area contributed by atoms with Crippen LogP contribution >= 0.6 is 0 Å². The van der Waals surface area contributed by atoms with Gasteiger partial charge in [-0.15, -0.1) is 0 Å². The number of carbonyl (C=O) groups excluding carboxylic acids is 2. The molecular formula is C21H23NO6S. The van der Waals surface area contributed by atoms with Gasteiger partial charge in [0.1, 0.15) is 0 Å². The number of esters is 1. The van der Waals surface area contributed by atoms with Crippen LogP contribution in [0.3, 0.4) is 0 Å². The third-order valence-electron chi connectivity index (χ3n) is 4.70. The molecule has 0 unspecified atom stereocenters. The molecule has 8 heteroatoms. The number of benzene rings is 2. The predicted octanol–water partition coefficient (Wildman–Crippen LogP) is 2.31. The van der Waals surface area contributed by atoms with E-state index >= 15 is 0 Å². The summed E-state index contributed by atoms with van der Waals surface area (Å²) in [5, 5.41) is 0. The molecule has 0 aliphatic carbocycles. The minimum atomic E-state index is -3.72. The average Bonchev–Trinajstić information content (AvgIpc) is 2.78. The van der Waals surface area contributed by atoms with Crippen molar-refractivity contribution in [2.75, 3.05) is 32.9 Å². The molecule has 0 amide bonds. The van der Waals surface area contributed by atoms with Crippen LogP contribution in [0.25, 0.3) is 0 Å². The lowest BCUT2D eigenvalue weighted by Crippen LogP contribution is -2.40. The molecule has 0 atom stereocenters. The Hall–Kier alpha value is -2.55. The Labute approximate surface area is 170 Å². The lowest BCUT2D eigenvalue weighted by Gasteiger charge is -2.26. The van der Waals surface area contributed by atoms with Gasteiger partial charge in [0.05, 0.1) is 23.7 Å². The lowest BCUT2D eigenvalue weighted by atomic mass is 10.1. The zero-order valence-electron chi connectivity index (χ0n) is 16.2. The fourth-order valence-corrected chi connectivity index (χ4v) is 4.40. The number of aryl methyl sites for hydroxylation is 1. The highest BCUT2D eigenvalue weighted by atomic mass is 32.2. The number of morpholine rings is 1. The second-order valence-corrected chi connectivity index (χ2v) is 8.53. The van der Waals surface area contributed by atoms with Gasteiger partial charge in [0.2, 0.25) is 10.0 Å². The number of sulfonamides is 1. The van der Waals surface area contributed by atoms with E-state index in [-0.39, 0.29) is 29.3 Å². The van der Waals surface area contributed by atoms with Crippen molar-refractivity contribution in [3.05, 3.63) is 65.2 Å². The maximum Gasteiger partial charge on any atom is 0.338 e. The highest BCUT2D eigenvalue weighted by Crippen LogP contribution is 2.19. The van der Waals surface area contributed by atoms with Gasteiger partial charge < -0.3 is 9.47 Å². The van der Waals surface area contributed by atoms with Crippen molar-refractivity contribution in [3.63, 3.8) is 0 Å². The number of hydrogen-bond donors (Lipinski definition) is 0. The van der Waals surface area contributed by atoms with Gasteiger partial charge in [0, 0.05) is 18.7 Å². The Morgan fingerprint density at radius 1 is 1.03 bits per heavy atom. The number of rotatable bonds is 7. The molecule has 7 nitrogen and oxygen atoms in total. The van der Waals surface area contributed by atoms with E-state index in [2.05, 4.69) is 0 Å². The molecule has 0 saturated carbocycles. The third kappa shape index (κ3) is 5.09. The van der Waals surface area contributed by atoms with Crippen LogP contribution < -0.4 is 0 Å². The molecule has 0 aromatic heterocycles. The monoisotopic (exact) mass is 417 g/mol. The second kappa shape index (κ2) is 9.30. The number of ether oxygens (including phenoxy) is 2. The van der Waals surface area contributed by atoms with Crippen LogP contribution in [0.2, 0.25) is 0 Å². The van der Waals surface area contributed by atoms with Crippen molar-refractivity contribution >= 4 is 21.8 Å². The van der Waals surface area contributed by atoms with Gasteiger partial charge in [0.15, 0.2) is 12.4 Å². The zero-order chi connectivity index (χ0) is 20.9. The molecule has 2 aromatic rings. The summed E-state index contributed by atoms with van der Waals surface area (Å²) in [5.41, 5.74) is 1.64. The Kier molecular flexibility index (Phi) is 6.79. The van der Waals surface area contributed by atoms with Crippen LogP contribution in [0, 0.1) is 0 Å². The van der Waals surface area contributed by atoms with Gasteiger partial charge in [-0.1, -0.05) is 37.3 Å². The molecule has 1 saturated heterocycles. The lowest BCUT2D eigenvalue weighted by molar-refractivity contribution is 0.0474. The molecule has 1 fully saturated rings. The Morgan fingerprint density at radius 3 is 2.38 bits per heavy atom. The summed E-state index contributed by atoms with van der Waals surface area (Å²) < 4.78 is 37.1. The first-order chi connectivity index (χ1) is 13.9. The molecule has 29 heavy (non-hydrogen) atoms. The number of carbonyl (C=O) groups is 2. The van der Waals surface area contributed by atoms with E-state index < -0.39 is 22.6 Å². The van der Waals surface area contributed by atoms with Gasteiger partial charge in [-0.05, 0) is 30.2 Å². The Balaban J connectivity index is 1.66. The second-order valence-electron chi connectivity index (χ2n) is 6.59. The number of Topliss-reactive ketones (excluding diaryl/α,β-unsaturated/α-hetero) is 1. The Morgan fingerprint density at radius 2 is 1.72 bits per heavy atom. The summed E-state index contributed by atoms with van der Waals surface area (Å²) in [6.07, 6.45) is 0.868. The molecule has 1 heterocycles. The van der Waals surface area contributed by atoms with Crippen molar-refractivity contribution in [2.24, 2.45) is 0 Å². The number of hydrogen-bond acceptors (Lipinski definition) is 6. The molecule has 0 bridgehead atoms. The SMILES string of the molecule is CCc1ccc(C(=O)COC(=O)c2cccc(S(=O)(=O)N3CCOCC3)c2)cc1. The van der Waals surface area contributed by atoms with E-state index in [0.717, 1.165) is 12.0 Å². The first-order valence-electron chi connectivity index (χ1n) is 9.39. The minimum absolute atomic E-state index is 0.00957. The summed E-state index contributed by atoms with van der Waals surface area (Å²) in [4.78, 5) is 24.6. The zero-order valence-corrected chi connectivity index (χ0v) is 17.0. The molecule has 0 N–H and O–H groups in total. The first kappa shape index (κ1) is 21.2. The predicted molar refractivity (Wildman–Crippen MR) is 106 cm³/mol. The maximum atomic E-state index is 12.7. The van der Waals surface area contributed by atoms with Crippen LogP contribution in [-0.4, -0.2) is 57.4 Å². The van der Waals surface area contributed by atoms with Gasteiger partial charge in [-0.2, -0.15) is 4.31 Å². The van der Waals surface area contributed by atoms with Gasteiger partial charge in [-0.3, -0.25) is 4.79 Å². The molecule has 1 aliphatic heterocycles. The third-order valence-corrected chi connectivity index (χ3v) is 6.59. The smallest absolute Gasteiger partial charge is 0.338 e.